The van der Waals surface area contributed by atoms with Crippen LogP contribution >= 0.6 is 0 Å². The van der Waals surface area contributed by atoms with Crippen molar-refractivity contribution in [1.29, 1.82) is 0 Å². The molecule has 0 aliphatic carbocycles. The first-order chi connectivity index (χ1) is 12.1. The topological polar surface area (TPSA) is 46.5 Å². The summed E-state index contributed by atoms with van der Waals surface area (Å²) in [5, 5.41) is 9.07. The van der Waals surface area contributed by atoms with Gasteiger partial charge in [-0.05, 0) is 26.0 Å². The number of aryl methyl sites for hydroxylation is 1. The van der Waals surface area contributed by atoms with E-state index in [1.54, 1.807) is 13.0 Å². The summed E-state index contributed by atoms with van der Waals surface area (Å²) in [6, 6.07) is 24.8. The largest absolute Gasteiger partial charge is 0.507 e. The molecule has 3 aromatic rings. The summed E-state index contributed by atoms with van der Waals surface area (Å²) in [7, 11) is 0. The van der Waals surface area contributed by atoms with Crippen LogP contribution in [0.3, 0.4) is 0 Å². The third-order valence-corrected chi connectivity index (χ3v) is 3.57. The second-order valence-electron chi connectivity index (χ2n) is 5.66. The van der Waals surface area contributed by atoms with Crippen LogP contribution in [-0.4, -0.2) is 10.9 Å². The van der Waals surface area contributed by atoms with E-state index in [1.165, 1.54) is 5.56 Å². The molecule has 25 heavy (non-hydrogen) atoms. The lowest BCUT2D eigenvalue weighted by atomic mass is 10.1. The van der Waals surface area contributed by atoms with Gasteiger partial charge in [0.05, 0.1) is 0 Å². The summed E-state index contributed by atoms with van der Waals surface area (Å²) in [4.78, 5) is 10.6. The van der Waals surface area contributed by atoms with Crippen molar-refractivity contribution in [3.63, 3.8) is 0 Å². The van der Waals surface area contributed by atoms with E-state index < -0.39 is 0 Å². The highest BCUT2D eigenvalue weighted by Crippen LogP contribution is 2.29. The molecule has 3 nitrogen and oxygen atoms in total. The Morgan fingerprint density at radius 2 is 1.52 bits per heavy atom. The minimum atomic E-state index is 0.121. The Kier molecular flexibility index (Phi) is 6.78. The van der Waals surface area contributed by atoms with Crippen LogP contribution in [0.15, 0.2) is 78.9 Å². The highest BCUT2D eigenvalue weighted by molar-refractivity contribution is 5.93. The first-order valence-electron chi connectivity index (χ1n) is 8.08. The van der Waals surface area contributed by atoms with Crippen molar-refractivity contribution >= 4 is 5.78 Å². The number of phenols is 1. The van der Waals surface area contributed by atoms with Crippen molar-refractivity contribution < 1.29 is 14.6 Å². The summed E-state index contributed by atoms with van der Waals surface area (Å²) in [6.45, 7) is 4.17. The maximum atomic E-state index is 10.6. The quantitative estimate of drug-likeness (QED) is 0.625. The number of aromatic hydroxyl groups is 1. The molecule has 5 rings (SSSR count). The van der Waals surface area contributed by atoms with E-state index in [2.05, 4.69) is 19.1 Å². The maximum absolute atomic E-state index is 10.6. The van der Waals surface area contributed by atoms with E-state index in [9.17, 15) is 4.79 Å². The van der Waals surface area contributed by atoms with Gasteiger partial charge in [0.2, 0.25) is 0 Å². The molecule has 0 spiro atoms. The SMILES string of the molecule is CC(=O)c1ccccc1.Cc1ccccc1.Oc1cc2ccc1CO2. The average molecular weight is 334 g/mol. The van der Waals surface area contributed by atoms with Gasteiger partial charge in [0.25, 0.3) is 0 Å². The first-order valence-corrected chi connectivity index (χ1v) is 8.08. The summed E-state index contributed by atoms with van der Waals surface area (Å²) >= 11 is 0. The van der Waals surface area contributed by atoms with Crippen LogP contribution in [0.4, 0.5) is 0 Å². The Morgan fingerprint density at radius 1 is 0.920 bits per heavy atom. The smallest absolute Gasteiger partial charge is 0.159 e. The molecule has 3 heteroatoms. The third-order valence-electron chi connectivity index (χ3n) is 3.57. The predicted molar refractivity (Wildman–Crippen MR) is 100 cm³/mol. The first kappa shape index (κ1) is 18.3. The second kappa shape index (κ2) is 9.28. The van der Waals surface area contributed by atoms with Crippen LogP contribution in [0.25, 0.3) is 0 Å². The van der Waals surface area contributed by atoms with Gasteiger partial charge in [-0.25, -0.2) is 0 Å². The van der Waals surface area contributed by atoms with Gasteiger partial charge in [-0.1, -0.05) is 66.2 Å². The van der Waals surface area contributed by atoms with Crippen molar-refractivity contribution in [1.82, 2.24) is 0 Å². The standard InChI is InChI=1S/C8H8O.C7H6O2.C7H8/c1-7(9)8-5-3-2-4-6-8;8-7-3-6-2-1-5(7)4-9-6;1-7-5-3-2-4-6-7/h2-6H,1H3;1-3,8H,4H2;2-6H,1H3. The Balaban J connectivity index is 0.000000137. The number of ether oxygens (including phenoxy) is 1. The predicted octanol–water partition coefficient (Wildman–Crippen LogP) is 5.17. The van der Waals surface area contributed by atoms with Gasteiger partial charge in [0, 0.05) is 17.2 Å². The molecule has 0 saturated heterocycles. The van der Waals surface area contributed by atoms with E-state index in [1.807, 2.05) is 60.7 Å². The number of benzene rings is 3. The molecule has 0 saturated carbocycles. The molecule has 1 N–H and O–H groups in total. The van der Waals surface area contributed by atoms with Crippen molar-refractivity contribution in [2.24, 2.45) is 0 Å². The number of ketones is 1. The Morgan fingerprint density at radius 3 is 1.76 bits per heavy atom. The molecule has 0 radical (unpaired) electrons. The highest BCUT2D eigenvalue weighted by atomic mass is 16.5. The number of phenolic OH excluding ortho intramolecular Hbond substituents is 1. The van der Waals surface area contributed by atoms with Crippen molar-refractivity contribution in [2.45, 2.75) is 20.5 Å². The number of hydrogen-bond donors (Lipinski definition) is 1. The highest BCUT2D eigenvalue weighted by Gasteiger charge is 2.09. The molecule has 128 valence electrons. The fourth-order valence-corrected chi connectivity index (χ4v) is 2.12. The van der Waals surface area contributed by atoms with Crippen LogP contribution < -0.4 is 4.74 Å². The summed E-state index contributed by atoms with van der Waals surface area (Å²) < 4.78 is 5.10. The van der Waals surface area contributed by atoms with Crippen LogP contribution in [0.2, 0.25) is 0 Å². The Bertz CT molecular complexity index is 796. The minimum Gasteiger partial charge on any atom is -0.507 e. The molecule has 0 aromatic heterocycles. The van der Waals surface area contributed by atoms with Gasteiger partial charge in [-0.2, -0.15) is 0 Å². The average Bonchev–Trinajstić information content (AvgIpc) is 2.65. The minimum absolute atomic E-state index is 0.121. The molecule has 2 bridgehead atoms. The summed E-state index contributed by atoms with van der Waals surface area (Å²) in [6.07, 6.45) is 0. The number of fused-ring (bicyclic) bond motifs is 3. The maximum Gasteiger partial charge on any atom is 0.159 e. The summed E-state index contributed by atoms with van der Waals surface area (Å²) in [5.41, 5.74) is 2.96. The molecule has 2 aliphatic rings. The van der Waals surface area contributed by atoms with Gasteiger partial charge in [-0.15, -0.1) is 0 Å². The zero-order valence-corrected chi connectivity index (χ0v) is 14.5. The molecule has 2 aliphatic heterocycles. The third kappa shape index (κ3) is 6.15. The van der Waals surface area contributed by atoms with Crippen molar-refractivity contribution in [3.05, 3.63) is 95.6 Å². The van der Waals surface area contributed by atoms with Crippen LogP contribution in [0.1, 0.15) is 28.4 Å². The van der Waals surface area contributed by atoms with Gasteiger partial charge in [-0.3, -0.25) is 4.79 Å². The molecule has 0 fully saturated rings. The molecule has 2 heterocycles. The zero-order valence-electron chi connectivity index (χ0n) is 14.5. The number of Topliss-reactive ketones (excluding diaryl/α,β-unsaturated/α-hetero) is 1. The van der Waals surface area contributed by atoms with Crippen molar-refractivity contribution in [3.8, 4) is 11.5 Å². The molecular formula is C22H22O3. The Hall–Kier alpha value is -3.07. The second-order valence-corrected chi connectivity index (χ2v) is 5.66. The van der Waals surface area contributed by atoms with E-state index in [4.69, 9.17) is 9.84 Å². The monoisotopic (exact) mass is 334 g/mol. The number of carbonyl (C=O) groups is 1. The van der Waals surface area contributed by atoms with Crippen LogP contribution in [-0.2, 0) is 6.61 Å². The van der Waals surface area contributed by atoms with Crippen LogP contribution in [0, 0.1) is 6.92 Å². The molecule has 3 aromatic carbocycles. The fraction of sp³-hybridized carbons (Fsp3) is 0.136. The molecule has 0 atom stereocenters. The molecule has 0 unspecified atom stereocenters. The lowest BCUT2D eigenvalue weighted by molar-refractivity contribution is 0.101. The van der Waals surface area contributed by atoms with Gasteiger partial charge in [0.1, 0.15) is 18.1 Å². The van der Waals surface area contributed by atoms with E-state index >= 15 is 0 Å². The lowest BCUT2D eigenvalue weighted by Gasteiger charge is -2.14. The lowest BCUT2D eigenvalue weighted by Crippen LogP contribution is -2.01. The van der Waals surface area contributed by atoms with Gasteiger partial charge < -0.3 is 9.84 Å². The van der Waals surface area contributed by atoms with E-state index in [0.717, 1.165) is 16.9 Å². The summed E-state index contributed by atoms with van der Waals surface area (Å²) in [5.74, 6) is 1.22. The van der Waals surface area contributed by atoms with E-state index in [-0.39, 0.29) is 5.78 Å². The van der Waals surface area contributed by atoms with E-state index in [0.29, 0.717) is 12.4 Å². The van der Waals surface area contributed by atoms with Gasteiger partial charge >= 0.3 is 0 Å². The molecule has 0 amide bonds. The zero-order chi connectivity index (χ0) is 18.1. The molecular weight excluding hydrogens is 312 g/mol. The van der Waals surface area contributed by atoms with Gasteiger partial charge in [0.15, 0.2) is 5.78 Å². The number of carbonyl (C=O) groups excluding carboxylic acids is 1. The fourth-order valence-electron chi connectivity index (χ4n) is 2.12. The Labute approximate surface area is 148 Å². The number of rotatable bonds is 1. The number of hydrogen-bond acceptors (Lipinski definition) is 3. The normalized spacial score (nSPS) is 10.5. The van der Waals surface area contributed by atoms with Crippen molar-refractivity contribution in [2.75, 3.05) is 0 Å². The van der Waals surface area contributed by atoms with Crippen LogP contribution in [0.5, 0.6) is 11.5 Å².